The fourth-order valence-corrected chi connectivity index (χ4v) is 2.92. The van der Waals surface area contributed by atoms with Gasteiger partial charge in [-0.2, -0.15) is 4.89 Å². The van der Waals surface area contributed by atoms with Crippen LogP contribution in [0.25, 0.3) is 0 Å². The van der Waals surface area contributed by atoms with E-state index in [9.17, 15) is 4.79 Å². The molecule has 0 bridgehead atoms. The van der Waals surface area contributed by atoms with Crippen LogP contribution in [0.2, 0.25) is 0 Å². The zero-order chi connectivity index (χ0) is 18.6. The molecule has 1 rings (SSSR count). The van der Waals surface area contributed by atoms with E-state index in [4.69, 9.17) is 14.5 Å². The van der Waals surface area contributed by atoms with Gasteiger partial charge in [0.25, 0.3) is 0 Å². The van der Waals surface area contributed by atoms with Crippen molar-refractivity contribution in [2.75, 3.05) is 7.05 Å². The first kappa shape index (κ1) is 20.4. The first-order valence-corrected chi connectivity index (χ1v) is 8.14. The molecule has 0 spiro atoms. The topological polar surface area (TPSA) is 48.0 Å². The smallest absolute Gasteiger partial charge is 0.429 e. The first-order chi connectivity index (χ1) is 10.9. The molecule has 1 heterocycles. The van der Waals surface area contributed by atoms with Crippen LogP contribution < -0.4 is 0 Å². The van der Waals surface area contributed by atoms with E-state index in [1.165, 1.54) is 0 Å². The van der Waals surface area contributed by atoms with Crippen LogP contribution in [0.1, 0.15) is 61.3 Å². The normalized spacial score (nSPS) is 20.2. The van der Waals surface area contributed by atoms with Crippen LogP contribution in [0, 0.1) is 23.7 Å². The molecule has 0 aromatic heterocycles. The zero-order valence-corrected chi connectivity index (χ0v) is 16.1. The van der Waals surface area contributed by atoms with Crippen molar-refractivity contribution in [1.82, 2.24) is 4.90 Å². The summed E-state index contributed by atoms with van der Waals surface area (Å²) in [6.45, 7) is 13.6. The summed E-state index contributed by atoms with van der Waals surface area (Å²) in [4.78, 5) is 24.1. The molecular formula is C19H29NO4. The number of nitrogens with zero attached hydrogens (tertiary/aromatic N) is 1. The van der Waals surface area contributed by atoms with Gasteiger partial charge in [-0.3, -0.25) is 9.79 Å². The Morgan fingerprint density at radius 1 is 1.12 bits per heavy atom. The molecular weight excluding hydrogens is 306 g/mol. The van der Waals surface area contributed by atoms with Crippen molar-refractivity contribution in [2.45, 2.75) is 84.1 Å². The third-order valence-corrected chi connectivity index (χ3v) is 4.40. The number of carbonyl (C=O) groups is 1. The lowest BCUT2D eigenvalue weighted by Crippen LogP contribution is -2.60. The lowest BCUT2D eigenvalue weighted by molar-refractivity contribution is -0.303. The standard InChI is InChI=1S/C19H29NO4/c1-9-10-11-12-19(6,7)24-23-16(21)22-15-13-17(2,3)20(8)18(4,5)14-15/h15H,13-14H2,1-8H3. The van der Waals surface area contributed by atoms with Gasteiger partial charge in [0, 0.05) is 23.9 Å². The van der Waals surface area contributed by atoms with Crippen LogP contribution >= 0.6 is 0 Å². The number of piperidine rings is 1. The van der Waals surface area contributed by atoms with Gasteiger partial charge in [-0.15, -0.1) is 0 Å². The van der Waals surface area contributed by atoms with Crippen molar-refractivity contribution in [3.8, 4) is 23.7 Å². The SMILES string of the molecule is CC#CC#CC(C)(C)OOC(=O)OC1CC(C)(C)N(C)C(C)(C)C1. The molecule has 0 saturated carbocycles. The van der Waals surface area contributed by atoms with Crippen molar-refractivity contribution >= 4 is 6.16 Å². The summed E-state index contributed by atoms with van der Waals surface area (Å²) in [5, 5.41) is 0. The van der Waals surface area contributed by atoms with Gasteiger partial charge in [0.05, 0.1) is 0 Å². The molecule has 1 saturated heterocycles. The minimum atomic E-state index is -0.950. The Bertz CT molecular complexity index is 566. The predicted octanol–water partition coefficient (Wildman–Crippen LogP) is 3.53. The van der Waals surface area contributed by atoms with Gasteiger partial charge in [0.1, 0.15) is 6.10 Å². The monoisotopic (exact) mass is 335 g/mol. The van der Waals surface area contributed by atoms with Crippen molar-refractivity contribution in [3.63, 3.8) is 0 Å². The molecule has 0 N–H and O–H groups in total. The highest BCUT2D eigenvalue weighted by molar-refractivity contribution is 5.59. The van der Waals surface area contributed by atoms with Crippen LogP contribution in [-0.2, 0) is 14.5 Å². The second kappa shape index (κ2) is 7.47. The lowest BCUT2D eigenvalue weighted by atomic mass is 9.79. The highest BCUT2D eigenvalue weighted by Crippen LogP contribution is 2.38. The third kappa shape index (κ3) is 5.74. The van der Waals surface area contributed by atoms with Crippen molar-refractivity contribution in [2.24, 2.45) is 0 Å². The molecule has 0 atom stereocenters. The molecule has 5 nitrogen and oxygen atoms in total. The Hall–Kier alpha value is -1.69. The Morgan fingerprint density at radius 3 is 2.17 bits per heavy atom. The van der Waals surface area contributed by atoms with E-state index < -0.39 is 11.8 Å². The summed E-state index contributed by atoms with van der Waals surface area (Å²) < 4.78 is 5.44. The number of hydrogen-bond donors (Lipinski definition) is 0. The van der Waals surface area contributed by atoms with E-state index in [-0.39, 0.29) is 17.2 Å². The summed E-state index contributed by atoms with van der Waals surface area (Å²) in [5.74, 6) is 10.7. The van der Waals surface area contributed by atoms with Gasteiger partial charge in [-0.05, 0) is 73.3 Å². The summed E-state index contributed by atoms with van der Waals surface area (Å²) in [6.07, 6.45) is 0.407. The van der Waals surface area contributed by atoms with Crippen LogP contribution in [0.5, 0.6) is 0 Å². The molecule has 134 valence electrons. The van der Waals surface area contributed by atoms with Crippen LogP contribution in [0.4, 0.5) is 4.79 Å². The number of likely N-dealkylation sites (tertiary alicyclic amines) is 1. The maximum atomic E-state index is 11.9. The molecule has 0 unspecified atom stereocenters. The van der Waals surface area contributed by atoms with Gasteiger partial charge >= 0.3 is 6.16 Å². The maximum absolute atomic E-state index is 11.9. The Balaban J connectivity index is 2.59. The van der Waals surface area contributed by atoms with Gasteiger partial charge in [-0.1, -0.05) is 5.92 Å². The van der Waals surface area contributed by atoms with Gasteiger partial charge in [0.15, 0.2) is 5.60 Å². The number of rotatable bonds is 3. The zero-order valence-electron chi connectivity index (χ0n) is 16.1. The van der Waals surface area contributed by atoms with Gasteiger partial charge < -0.3 is 4.74 Å². The molecule has 0 radical (unpaired) electrons. The highest BCUT2D eigenvalue weighted by atomic mass is 17.2. The molecule has 0 aliphatic carbocycles. The molecule has 1 fully saturated rings. The van der Waals surface area contributed by atoms with E-state index in [2.05, 4.69) is 63.3 Å². The maximum Gasteiger partial charge on any atom is 0.540 e. The van der Waals surface area contributed by atoms with Crippen molar-refractivity contribution in [1.29, 1.82) is 0 Å². The second-order valence-electron chi connectivity index (χ2n) is 7.88. The predicted molar refractivity (Wildman–Crippen MR) is 92.9 cm³/mol. The lowest BCUT2D eigenvalue weighted by Gasteiger charge is -2.52. The molecule has 0 aromatic carbocycles. The average molecular weight is 335 g/mol. The summed E-state index contributed by atoms with van der Waals surface area (Å²) in [5.41, 5.74) is -1.09. The third-order valence-electron chi connectivity index (χ3n) is 4.40. The van der Waals surface area contributed by atoms with E-state index in [0.29, 0.717) is 0 Å². The summed E-state index contributed by atoms with van der Waals surface area (Å²) >= 11 is 0. The van der Waals surface area contributed by atoms with E-state index in [1.807, 2.05) is 0 Å². The number of hydrogen-bond acceptors (Lipinski definition) is 5. The highest BCUT2D eigenvalue weighted by Gasteiger charge is 2.44. The molecule has 5 heteroatoms. The average Bonchev–Trinajstić information content (AvgIpc) is 2.42. The summed E-state index contributed by atoms with van der Waals surface area (Å²) in [6, 6.07) is 0. The first-order valence-electron chi connectivity index (χ1n) is 8.14. The minimum absolute atomic E-state index is 0.0723. The van der Waals surface area contributed by atoms with E-state index in [0.717, 1.165) is 12.8 Å². The fraction of sp³-hybridized carbons (Fsp3) is 0.737. The largest absolute Gasteiger partial charge is 0.540 e. The Morgan fingerprint density at radius 2 is 1.67 bits per heavy atom. The fourth-order valence-electron chi connectivity index (χ4n) is 2.92. The molecule has 0 amide bonds. The van der Waals surface area contributed by atoms with Crippen molar-refractivity contribution < 1.29 is 19.3 Å². The minimum Gasteiger partial charge on any atom is -0.429 e. The Labute approximate surface area is 145 Å². The van der Waals surface area contributed by atoms with Crippen LogP contribution in [0.3, 0.4) is 0 Å². The molecule has 1 aliphatic heterocycles. The van der Waals surface area contributed by atoms with Crippen molar-refractivity contribution in [3.05, 3.63) is 0 Å². The Kier molecular flexibility index (Phi) is 6.33. The molecule has 1 aliphatic rings. The van der Waals surface area contributed by atoms with Crippen LogP contribution in [0.15, 0.2) is 0 Å². The molecule has 0 aromatic rings. The summed E-state index contributed by atoms with van der Waals surface area (Å²) in [7, 11) is 2.10. The second-order valence-corrected chi connectivity index (χ2v) is 7.88. The molecule has 24 heavy (non-hydrogen) atoms. The number of carbonyl (C=O) groups excluding carboxylic acids is 1. The number of ether oxygens (including phenoxy) is 1. The van der Waals surface area contributed by atoms with Gasteiger partial charge in [-0.25, -0.2) is 4.79 Å². The quantitative estimate of drug-likeness (QED) is 0.342. The van der Waals surface area contributed by atoms with E-state index in [1.54, 1.807) is 20.8 Å². The van der Waals surface area contributed by atoms with E-state index >= 15 is 0 Å². The van der Waals surface area contributed by atoms with Crippen LogP contribution in [-0.4, -0.2) is 40.9 Å². The van der Waals surface area contributed by atoms with Gasteiger partial charge in [0.2, 0.25) is 0 Å².